The minimum absolute atomic E-state index is 0.0636. The number of rotatable bonds is 1. The van der Waals surface area contributed by atoms with E-state index >= 15 is 0 Å². The first kappa shape index (κ1) is 11.3. The molecular weight excluding hydrogens is 246 g/mol. The molecule has 18 heavy (non-hydrogen) atoms. The van der Waals surface area contributed by atoms with Gasteiger partial charge in [0.1, 0.15) is 0 Å². The van der Waals surface area contributed by atoms with Crippen molar-refractivity contribution in [2.75, 3.05) is 0 Å². The van der Waals surface area contributed by atoms with Gasteiger partial charge >= 0.3 is 0 Å². The Labute approximate surface area is 111 Å². The smallest absolute Gasteiger partial charge is 0.225 e. The highest BCUT2D eigenvalue weighted by Crippen LogP contribution is 2.29. The topological polar surface area (TPSA) is 29.1 Å². The van der Waals surface area contributed by atoms with Crippen LogP contribution in [0.15, 0.2) is 48.5 Å². The lowest BCUT2D eigenvalue weighted by Gasteiger charge is -2.27. The standard InChI is InChI=1S/C15H12ClNO/c16-12-7-5-10(6-8-12)15-13-4-2-1-3-11(13)9-14(18)17-15/h1-8,15H,9H2,(H,17,18)/t15-/m0/s1. The number of carbonyl (C=O) groups is 1. The Kier molecular flexibility index (Phi) is 2.80. The molecule has 2 aromatic carbocycles. The molecule has 1 aliphatic heterocycles. The molecule has 0 aliphatic carbocycles. The molecule has 3 rings (SSSR count). The van der Waals surface area contributed by atoms with Crippen LogP contribution >= 0.6 is 11.6 Å². The van der Waals surface area contributed by atoms with Crippen LogP contribution in [0.4, 0.5) is 0 Å². The Bertz CT molecular complexity index is 592. The Morgan fingerprint density at radius 1 is 1.06 bits per heavy atom. The second kappa shape index (κ2) is 4.46. The van der Waals surface area contributed by atoms with Crippen molar-refractivity contribution in [3.05, 3.63) is 70.2 Å². The lowest BCUT2D eigenvalue weighted by molar-refractivity contribution is -0.121. The van der Waals surface area contributed by atoms with Crippen molar-refractivity contribution in [3.8, 4) is 0 Å². The van der Waals surface area contributed by atoms with Gasteiger partial charge in [0, 0.05) is 5.02 Å². The van der Waals surface area contributed by atoms with Gasteiger partial charge in [0.2, 0.25) is 5.91 Å². The number of nitrogens with one attached hydrogen (secondary N) is 1. The first-order chi connectivity index (χ1) is 8.74. The van der Waals surface area contributed by atoms with Gasteiger partial charge < -0.3 is 5.32 Å². The first-order valence-corrected chi connectivity index (χ1v) is 6.24. The number of carbonyl (C=O) groups excluding carboxylic acids is 1. The largest absolute Gasteiger partial charge is 0.345 e. The van der Waals surface area contributed by atoms with Crippen molar-refractivity contribution in [2.24, 2.45) is 0 Å². The van der Waals surface area contributed by atoms with Gasteiger partial charge in [-0.05, 0) is 28.8 Å². The van der Waals surface area contributed by atoms with Crippen LogP contribution in [0.3, 0.4) is 0 Å². The number of fused-ring (bicyclic) bond motifs is 1. The zero-order valence-corrected chi connectivity index (χ0v) is 10.4. The quantitative estimate of drug-likeness (QED) is 0.836. The van der Waals surface area contributed by atoms with Crippen LogP contribution in [0, 0.1) is 0 Å². The van der Waals surface area contributed by atoms with E-state index in [1.54, 1.807) is 0 Å². The summed E-state index contributed by atoms with van der Waals surface area (Å²) >= 11 is 5.89. The minimum Gasteiger partial charge on any atom is -0.345 e. The van der Waals surface area contributed by atoms with E-state index < -0.39 is 0 Å². The lowest BCUT2D eigenvalue weighted by atomic mass is 9.90. The van der Waals surface area contributed by atoms with Crippen LogP contribution in [0.5, 0.6) is 0 Å². The van der Waals surface area contributed by atoms with Crippen LogP contribution in [0.1, 0.15) is 22.7 Å². The van der Waals surface area contributed by atoms with Gasteiger partial charge in [-0.1, -0.05) is 48.0 Å². The summed E-state index contributed by atoms with van der Waals surface area (Å²) in [7, 11) is 0. The number of amides is 1. The molecule has 2 aromatic rings. The highest BCUT2D eigenvalue weighted by molar-refractivity contribution is 6.30. The maximum Gasteiger partial charge on any atom is 0.225 e. The summed E-state index contributed by atoms with van der Waals surface area (Å²) in [6.45, 7) is 0. The summed E-state index contributed by atoms with van der Waals surface area (Å²) in [4.78, 5) is 11.7. The number of hydrogen-bond acceptors (Lipinski definition) is 1. The second-order valence-corrected chi connectivity index (χ2v) is 4.86. The summed E-state index contributed by atoms with van der Waals surface area (Å²) in [5, 5.41) is 3.73. The minimum atomic E-state index is -0.0697. The van der Waals surface area contributed by atoms with Crippen molar-refractivity contribution in [3.63, 3.8) is 0 Å². The van der Waals surface area contributed by atoms with Crippen molar-refractivity contribution in [2.45, 2.75) is 12.5 Å². The van der Waals surface area contributed by atoms with Gasteiger partial charge in [-0.3, -0.25) is 4.79 Å². The van der Waals surface area contributed by atoms with E-state index in [2.05, 4.69) is 11.4 Å². The van der Waals surface area contributed by atoms with Crippen LogP contribution in [0.25, 0.3) is 0 Å². The van der Waals surface area contributed by atoms with Crippen LogP contribution in [-0.2, 0) is 11.2 Å². The molecule has 0 fully saturated rings. The normalized spacial score (nSPS) is 18.1. The molecule has 90 valence electrons. The molecule has 0 radical (unpaired) electrons. The van der Waals surface area contributed by atoms with Crippen LogP contribution < -0.4 is 5.32 Å². The third kappa shape index (κ3) is 2.00. The van der Waals surface area contributed by atoms with Gasteiger partial charge in [0.25, 0.3) is 0 Å². The summed E-state index contributed by atoms with van der Waals surface area (Å²) in [5.41, 5.74) is 3.32. The SMILES string of the molecule is O=C1Cc2ccccc2[C@H](c2ccc(Cl)cc2)N1. The van der Waals surface area contributed by atoms with E-state index in [1.807, 2.05) is 42.5 Å². The Hall–Kier alpha value is -1.80. The molecule has 0 saturated carbocycles. The molecule has 1 heterocycles. The first-order valence-electron chi connectivity index (χ1n) is 5.86. The highest BCUT2D eigenvalue weighted by atomic mass is 35.5. The molecule has 1 atom stereocenters. The van der Waals surface area contributed by atoms with E-state index in [0.717, 1.165) is 11.1 Å². The fourth-order valence-electron chi connectivity index (χ4n) is 2.36. The third-order valence-electron chi connectivity index (χ3n) is 3.23. The maximum atomic E-state index is 11.7. The van der Waals surface area contributed by atoms with Gasteiger partial charge in [-0.15, -0.1) is 0 Å². The zero-order valence-electron chi connectivity index (χ0n) is 9.69. The van der Waals surface area contributed by atoms with Gasteiger partial charge in [0.05, 0.1) is 12.5 Å². The molecule has 0 aromatic heterocycles. The summed E-state index contributed by atoms with van der Waals surface area (Å²) < 4.78 is 0. The summed E-state index contributed by atoms with van der Waals surface area (Å²) in [5.74, 6) is 0.0636. The predicted molar refractivity (Wildman–Crippen MR) is 71.6 cm³/mol. The maximum absolute atomic E-state index is 11.7. The molecule has 0 saturated heterocycles. The lowest BCUT2D eigenvalue weighted by Crippen LogP contribution is -2.35. The highest BCUT2D eigenvalue weighted by Gasteiger charge is 2.24. The molecule has 1 aliphatic rings. The molecular formula is C15H12ClNO. The monoisotopic (exact) mass is 257 g/mol. The molecule has 3 heteroatoms. The summed E-state index contributed by atoms with van der Waals surface area (Å²) in [6, 6.07) is 15.6. The Balaban J connectivity index is 2.07. The van der Waals surface area contributed by atoms with Crippen molar-refractivity contribution >= 4 is 17.5 Å². The summed E-state index contributed by atoms with van der Waals surface area (Å²) in [6.07, 6.45) is 0.459. The zero-order chi connectivity index (χ0) is 12.5. The molecule has 1 amide bonds. The van der Waals surface area contributed by atoms with E-state index in [0.29, 0.717) is 11.4 Å². The molecule has 0 spiro atoms. The van der Waals surface area contributed by atoms with Crippen molar-refractivity contribution in [1.82, 2.24) is 5.32 Å². The average molecular weight is 258 g/mol. The number of halogens is 1. The number of benzene rings is 2. The fraction of sp³-hybridized carbons (Fsp3) is 0.133. The van der Waals surface area contributed by atoms with E-state index in [1.165, 1.54) is 5.56 Å². The fourth-order valence-corrected chi connectivity index (χ4v) is 2.48. The Morgan fingerprint density at radius 2 is 1.78 bits per heavy atom. The van der Waals surface area contributed by atoms with Crippen molar-refractivity contribution < 1.29 is 4.79 Å². The van der Waals surface area contributed by atoms with Gasteiger partial charge in [-0.25, -0.2) is 0 Å². The molecule has 0 unspecified atom stereocenters. The van der Waals surface area contributed by atoms with Gasteiger partial charge in [-0.2, -0.15) is 0 Å². The predicted octanol–water partition coefficient (Wildman–Crippen LogP) is 3.10. The van der Waals surface area contributed by atoms with Crippen LogP contribution in [0.2, 0.25) is 5.02 Å². The van der Waals surface area contributed by atoms with E-state index in [4.69, 9.17) is 11.6 Å². The van der Waals surface area contributed by atoms with Crippen molar-refractivity contribution in [1.29, 1.82) is 0 Å². The molecule has 2 nitrogen and oxygen atoms in total. The second-order valence-electron chi connectivity index (χ2n) is 4.43. The number of hydrogen-bond donors (Lipinski definition) is 1. The third-order valence-corrected chi connectivity index (χ3v) is 3.48. The van der Waals surface area contributed by atoms with Gasteiger partial charge in [0.15, 0.2) is 0 Å². The average Bonchev–Trinajstić information content (AvgIpc) is 2.38. The van der Waals surface area contributed by atoms with Crippen LogP contribution in [-0.4, -0.2) is 5.91 Å². The van der Waals surface area contributed by atoms with E-state index in [9.17, 15) is 4.79 Å². The Morgan fingerprint density at radius 3 is 2.56 bits per heavy atom. The molecule has 1 N–H and O–H groups in total. The molecule has 0 bridgehead atoms. The van der Waals surface area contributed by atoms with E-state index in [-0.39, 0.29) is 11.9 Å².